The molecule has 130 valence electrons. The van der Waals surface area contributed by atoms with Crippen molar-refractivity contribution in [2.45, 2.75) is 0 Å². The predicted octanol–water partition coefficient (Wildman–Crippen LogP) is 4.81. The molecule has 0 unspecified atom stereocenters. The van der Waals surface area contributed by atoms with Gasteiger partial charge >= 0.3 is 0 Å². The van der Waals surface area contributed by atoms with Gasteiger partial charge in [-0.25, -0.2) is 0 Å². The van der Waals surface area contributed by atoms with Crippen LogP contribution >= 0.6 is 23.2 Å². The Kier molecular flexibility index (Phi) is 4.18. The van der Waals surface area contributed by atoms with E-state index in [2.05, 4.69) is 10.3 Å². The van der Waals surface area contributed by atoms with Crippen LogP contribution in [-0.2, 0) is 0 Å². The number of carbonyl (C=O) groups is 1. The lowest BCUT2D eigenvalue weighted by atomic mass is 10.1. The van der Waals surface area contributed by atoms with Crippen LogP contribution in [0.5, 0.6) is 0 Å². The van der Waals surface area contributed by atoms with Gasteiger partial charge in [0, 0.05) is 28.7 Å². The van der Waals surface area contributed by atoms with Crippen LogP contribution in [0.1, 0.15) is 10.4 Å². The molecule has 2 aromatic carbocycles. The van der Waals surface area contributed by atoms with Crippen molar-refractivity contribution in [1.82, 2.24) is 9.71 Å². The second-order valence-electron chi connectivity index (χ2n) is 5.63. The Morgan fingerprint density at radius 3 is 2.46 bits per heavy atom. The Bertz CT molecular complexity index is 1130. The van der Waals surface area contributed by atoms with Gasteiger partial charge in [-0.1, -0.05) is 47.5 Å². The molecule has 0 saturated carbocycles. The highest BCUT2D eigenvalue weighted by atomic mass is 35.5. The number of rotatable bonds is 3. The Labute approximate surface area is 159 Å². The fraction of sp³-hybridized carbons (Fsp3) is 0.0526. The predicted molar refractivity (Wildman–Crippen MR) is 104 cm³/mol. The molecule has 0 fully saturated rings. The second-order valence-corrected chi connectivity index (χ2v) is 6.44. The average Bonchev–Trinajstić information content (AvgIpc) is 2.98. The molecule has 4 aromatic rings. The molecule has 0 aliphatic heterocycles. The van der Waals surface area contributed by atoms with Crippen molar-refractivity contribution in [3.8, 4) is 0 Å². The number of halogens is 2. The van der Waals surface area contributed by atoms with Gasteiger partial charge in [0.05, 0.1) is 26.8 Å². The summed E-state index contributed by atoms with van der Waals surface area (Å²) >= 11 is 12.2. The first-order valence-electron chi connectivity index (χ1n) is 7.79. The van der Waals surface area contributed by atoms with Gasteiger partial charge in [0.2, 0.25) is 0 Å². The highest BCUT2D eigenvalue weighted by molar-refractivity contribution is 6.40. The van der Waals surface area contributed by atoms with Crippen molar-refractivity contribution in [3.05, 3.63) is 70.5 Å². The third-order valence-electron chi connectivity index (χ3n) is 4.17. The third kappa shape index (κ3) is 2.57. The summed E-state index contributed by atoms with van der Waals surface area (Å²) in [5.74, 6) is -0.315. The molecule has 0 saturated heterocycles. The molecule has 0 bridgehead atoms. The van der Waals surface area contributed by atoms with Crippen molar-refractivity contribution in [1.29, 1.82) is 0 Å². The van der Waals surface area contributed by atoms with Crippen molar-refractivity contribution in [3.63, 3.8) is 0 Å². The zero-order valence-corrected chi connectivity index (χ0v) is 15.2. The maximum atomic E-state index is 13.0. The van der Waals surface area contributed by atoms with Gasteiger partial charge in [-0.2, -0.15) is 4.73 Å². The lowest BCUT2D eigenvalue weighted by Gasteiger charge is -2.10. The first-order valence-corrected chi connectivity index (χ1v) is 8.54. The number of hydrogen-bond acceptors (Lipinski definition) is 3. The monoisotopic (exact) mass is 385 g/mol. The number of nitrogens with zero attached hydrogens (tertiary/aromatic N) is 2. The molecular weight excluding hydrogens is 373 g/mol. The molecule has 2 heterocycles. The molecule has 0 radical (unpaired) electrons. The highest BCUT2D eigenvalue weighted by Gasteiger charge is 2.19. The molecule has 1 amide bonds. The number of pyridine rings is 1. The summed E-state index contributed by atoms with van der Waals surface area (Å²) in [4.78, 5) is 22.4. The normalized spacial score (nSPS) is 11.0. The molecule has 0 atom stereocenters. The minimum absolute atomic E-state index is 0.275. The fourth-order valence-electron chi connectivity index (χ4n) is 3.08. The SMILES string of the molecule is COn1c2ccccc2c2c(C(=O)Nc3c(Cl)cncc3Cl)cccc21. The van der Waals surface area contributed by atoms with Gasteiger partial charge in [-0.05, 0) is 18.2 Å². The number of fused-ring (bicyclic) bond motifs is 3. The first kappa shape index (κ1) is 16.7. The van der Waals surface area contributed by atoms with Crippen LogP contribution < -0.4 is 10.2 Å². The molecule has 5 nitrogen and oxygen atoms in total. The van der Waals surface area contributed by atoms with Crippen LogP contribution in [-0.4, -0.2) is 22.7 Å². The smallest absolute Gasteiger partial charge is 0.256 e. The lowest BCUT2D eigenvalue weighted by molar-refractivity contribution is 0.102. The number of para-hydroxylation sites is 1. The first-order chi connectivity index (χ1) is 12.6. The molecule has 0 aliphatic rings. The van der Waals surface area contributed by atoms with E-state index in [-0.39, 0.29) is 16.0 Å². The van der Waals surface area contributed by atoms with Crippen molar-refractivity contribution < 1.29 is 9.63 Å². The van der Waals surface area contributed by atoms with Crippen LogP contribution in [0.3, 0.4) is 0 Å². The number of carbonyl (C=O) groups excluding carboxylic acids is 1. The summed E-state index contributed by atoms with van der Waals surface area (Å²) in [5, 5.41) is 5.05. The van der Waals surface area contributed by atoms with Gasteiger partial charge in [0.15, 0.2) is 0 Å². The summed E-state index contributed by atoms with van der Waals surface area (Å²) in [7, 11) is 1.59. The second kappa shape index (κ2) is 6.52. The zero-order chi connectivity index (χ0) is 18.3. The highest BCUT2D eigenvalue weighted by Crippen LogP contribution is 2.33. The molecule has 4 rings (SSSR count). The number of nitrogens with one attached hydrogen (secondary N) is 1. The Balaban J connectivity index is 1.91. The molecule has 0 spiro atoms. The minimum Gasteiger partial charge on any atom is -0.416 e. The lowest BCUT2D eigenvalue weighted by Crippen LogP contribution is -2.13. The molecule has 7 heteroatoms. The van der Waals surface area contributed by atoms with E-state index in [4.69, 9.17) is 28.0 Å². The summed E-state index contributed by atoms with van der Waals surface area (Å²) in [6, 6.07) is 13.2. The van der Waals surface area contributed by atoms with Gasteiger partial charge in [-0.3, -0.25) is 9.78 Å². The van der Waals surface area contributed by atoms with E-state index in [1.54, 1.807) is 24.0 Å². The number of hydrogen-bond donors (Lipinski definition) is 1. The third-order valence-corrected chi connectivity index (χ3v) is 4.75. The topological polar surface area (TPSA) is 56.1 Å². The Morgan fingerprint density at radius 2 is 1.73 bits per heavy atom. The summed E-state index contributed by atoms with van der Waals surface area (Å²) in [6.45, 7) is 0. The molecular formula is C19H13Cl2N3O2. The minimum atomic E-state index is -0.315. The van der Waals surface area contributed by atoms with E-state index in [0.29, 0.717) is 11.3 Å². The molecule has 0 aliphatic carbocycles. The van der Waals surface area contributed by atoms with Crippen LogP contribution in [0.4, 0.5) is 5.69 Å². The molecule has 26 heavy (non-hydrogen) atoms. The van der Waals surface area contributed by atoms with Gasteiger partial charge in [0.1, 0.15) is 7.11 Å². The Hall–Kier alpha value is -2.76. The summed E-state index contributed by atoms with van der Waals surface area (Å²) in [5.41, 5.74) is 2.51. The van der Waals surface area contributed by atoms with Gasteiger partial charge < -0.3 is 10.2 Å². The quantitative estimate of drug-likeness (QED) is 0.550. The largest absolute Gasteiger partial charge is 0.416 e. The van der Waals surface area contributed by atoms with Gasteiger partial charge in [-0.15, -0.1) is 0 Å². The molecule has 1 N–H and O–H groups in total. The maximum absolute atomic E-state index is 13.0. The van der Waals surface area contributed by atoms with Crippen LogP contribution in [0.25, 0.3) is 21.8 Å². The number of amides is 1. The summed E-state index contributed by atoms with van der Waals surface area (Å²) in [6.07, 6.45) is 2.86. The maximum Gasteiger partial charge on any atom is 0.256 e. The van der Waals surface area contributed by atoms with Crippen molar-refractivity contribution in [2.24, 2.45) is 0 Å². The fourth-order valence-corrected chi connectivity index (χ4v) is 3.54. The molecule has 2 aromatic heterocycles. The van der Waals surface area contributed by atoms with E-state index < -0.39 is 0 Å². The van der Waals surface area contributed by atoms with Crippen LogP contribution in [0.2, 0.25) is 10.0 Å². The Morgan fingerprint density at radius 1 is 1.04 bits per heavy atom. The van der Waals surface area contributed by atoms with Crippen molar-refractivity contribution in [2.75, 3.05) is 12.4 Å². The van der Waals surface area contributed by atoms with Crippen molar-refractivity contribution >= 4 is 56.6 Å². The summed E-state index contributed by atoms with van der Waals surface area (Å²) < 4.78 is 1.70. The zero-order valence-electron chi connectivity index (χ0n) is 13.7. The number of anilines is 1. The van der Waals surface area contributed by atoms with E-state index in [1.807, 2.05) is 30.3 Å². The van der Waals surface area contributed by atoms with E-state index in [1.165, 1.54) is 12.4 Å². The van der Waals surface area contributed by atoms with Crippen LogP contribution in [0.15, 0.2) is 54.9 Å². The number of aromatic nitrogens is 2. The van der Waals surface area contributed by atoms with E-state index >= 15 is 0 Å². The standard InChI is InChI=1S/C19H13Cl2N3O2/c1-26-24-15-7-3-2-5-11(15)17-12(6-4-8-16(17)24)19(25)23-18-13(20)9-22-10-14(18)21/h2-10H,1H3,(H,22,23,25). The number of benzene rings is 2. The average molecular weight is 386 g/mol. The van der Waals surface area contributed by atoms with E-state index in [0.717, 1.165) is 21.8 Å². The van der Waals surface area contributed by atoms with E-state index in [9.17, 15) is 4.79 Å². The van der Waals surface area contributed by atoms with Crippen LogP contribution in [0, 0.1) is 0 Å². The van der Waals surface area contributed by atoms with Gasteiger partial charge in [0.25, 0.3) is 5.91 Å².